The molecule has 0 aliphatic carbocycles. The molecule has 1 saturated heterocycles. The molecule has 0 aromatic heterocycles. The zero-order valence-electron chi connectivity index (χ0n) is 27.9. The number of nitrogens with zero attached hydrogens (tertiary/aromatic N) is 3. The van der Waals surface area contributed by atoms with E-state index in [2.05, 4.69) is 5.32 Å². The number of amides is 2. The number of nitro groups is 2. The average Bonchev–Trinajstić information content (AvgIpc) is 3.14. The van der Waals surface area contributed by atoms with E-state index >= 15 is 0 Å². The Morgan fingerprint density at radius 3 is 1.98 bits per heavy atom. The van der Waals surface area contributed by atoms with E-state index in [1.54, 1.807) is 30.3 Å². The molecule has 1 N–H and O–H groups in total. The lowest BCUT2D eigenvalue weighted by Crippen LogP contribution is -2.69. The molecule has 3 aromatic rings. The third kappa shape index (κ3) is 9.57. The highest BCUT2D eigenvalue weighted by molar-refractivity contribution is 7.92. The smallest absolute Gasteiger partial charge is 0.508 e. The maximum absolute atomic E-state index is 13.5. The molecule has 2 amide bonds. The summed E-state index contributed by atoms with van der Waals surface area (Å²) < 4.78 is 40.2. The first-order valence-electron chi connectivity index (χ1n) is 15.9. The van der Waals surface area contributed by atoms with Crippen LogP contribution in [0.4, 0.5) is 21.0 Å². The fraction of sp³-hybridized carbons (Fsp3) is 0.294. The van der Waals surface area contributed by atoms with Crippen LogP contribution in [0.3, 0.4) is 0 Å². The van der Waals surface area contributed by atoms with Crippen LogP contribution in [0.15, 0.2) is 90.3 Å². The molecule has 2 aliphatic rings. The number of esters is 1. The third-order valence-corrected chi connectivity index (χ3v) is 9.58. The molecule has 0 bridgehead atoms. The lowest BCUT2D eigenvalue weighted by atomic mass is 9.91. The molecule has 18 nitrogen and oxygen atoms in total. The Morgan fingerprint density at radius 1 is 0.849 bits per heavy atom. The van der Waals surface area contributed by atoms with Crippen LogP contribution in [0.2, 0.25) is 0 Å². The number of carbonyl (C=O) groups is 4. The molecule has 0 radical (unpaired) electrons. The Kier molecular flexibility index (Phi) is 12.4. The van der Waals surface area contributed by atoms with Gasteiger partial charge in [-0.3, -0.25) is 29.9 Å². The van der Waals surface area contributed by atoms with E-state index in [0.717, 1.165) is 4.90 Å². The van der Waals surface area contributed by atoms with Crippen molar-refractivity contribution in [3.05, 3.63) is 127 Å². The van der Waals surface area contributed by atoms with Crippen molar-refractivity contribution >= 4 is 46.7 Å². The highest BCUT2D eigenvalue weighted by atomic mass is 32.2. The SMILES string of the molecule is CC(OC(=O)OCc1ccc([N+](=O)[O-])cc1)[C@H]1C(=O)N2C(C(=O)OCc3ccccc3)=C(OCCNC(=O)OCc3ccc([N+](=O)[O-])cc3)C[S+]([O-])[C@H]12. The molecular weight excluding hydrogens is 720 g/mol. The van der Waals surface area contributed by atoms with Crippen LogP contribution in [0.1, 0.15) is 23.6 Å². The van der Waals surface area contributed by atoms with Crippen LogP contribution in [-0.4, -0.2) is 73.8 Å². The summed E-state index contributed by atoms with van der Waals surface area (Å²) in [5.74, 6) is -3.12. The summed E-state index contributed by atoms with van der Waals surface area (Å²) >= 11 is -1.83. The van der Waals surface area contributed by atoms with Gasteiger partial charge in [-0.2, -0.15) is 0 Å². The number of nitrogens with one attached hydrogen (secondary N) is 1. The van der Waals surface area contributed by atoms with Gasteiger partial charge in [-0.25, -0.2) is 14.4 Å². The van der Waals surface area contributed by atoms with Gasteiger partial charge in [0, 0.05) is 24.3 Å². The Bertz CT molecular complexity index is 1870. The number of non-ortho nitro benzene ring substituents is 2. The molecule has 2 unspecified atom stereocenters. The van der Waals surface area contributed by atoms with Crippen LogP contribution < -0.4 is 5.32 Å². The van der Waals surface area contributed by atoms with Crippen molar-refractivity contribution in [2.75, 3.05) is 18.9 Å². The van der Waals surface area contributed by atoms with E-state index in [1.165, 1.54) is 55.5 Å². The largest absolute Gasteiger partial charge is 0.614 e. The Balaban J connectivity index is 1.19. The summed E-state index contributed by atoms with van der Waals surface area (Å²) in [5.41, 5.74) is 1.10. The first kappa shape index (κ1) is 38.0. The van der Waals surface area contributed by atoms with E-state index in [-0.39, 0.29) is 61.6 Å². The number of benzene rings is 3. The van der Waals surface area contributed by atoms with Gasteiger partial charge in [0.05, 0.1) is 16.4 Å². The number of alkyl carbamates (subject to hydrolysis) is 1. The number of nitro benzene ring substituents is 2. The first-order chi connectivity index (χ1) is 25.4. The summed E-state index contributed by atoms with van der Waals surface area (Å²) in [7, 11) is 0. The topological polar surface area (TPSA) is 239 Å². The number of fused-ring (bicyclic) bond motifs is 1. The Labute approximate surface area is 304 Å². The van der Waals surface area contributed by atoms with Gasteiger partial charge in [0.15, 0.2) is 17.2 Å². The van der Waals surface area contributed by atoms with Crippen molar-refractivity contribution in [1.82, 2.24) is 10.2 Å². The summed E-state index contributed by atoms with van der Waals surface area (Å²) in [6, 6.07) is 19.5. The second-order valence-electron chi connectivity index (χ2n) is 11.5. The number of hydrogen-bond donors (Lipinski definition) is 1. The normalized spacial score (nSPS) is 18.1. The van der Waals surface area contributed by atoms with Gasteiger partial charge < -0.3 is 33.6 Å². The summed E-state index contributed by atoms with van der Waals surface area (Å²) in [5, 5.41) is 23.1. The minimum Gasteiger partial charge on any atom is -0.614 e. The highest BCUT2D eigenvalue weighted by Crippen LogP contribution is 2.43. The second kappa shape index (κ2) is 17.3. The Morgan fingerprint density at radius 2 is 1.40 bits per heavy atom. The van der Waals surface area contributed by atoms with Crippen LogP contribution in [0.5, 0.6) is 0 Å². The van der Waals surface area contributed by atoms with Crippen molar-refractivity contribution in [2.45, 2.75) is 38.2 Å². The molecule has 5 rings (SSSR count). The van der Waals surface area contributed by atoms with Gasteiger partial charge in [0.1, 0.15) is 38.4 Å². The van der Waals surface area contributed by atoms with Gasteiger partial charge in [-0.1, -0.05) is 30.3 Å². The van der Waals surface area contributed by atoms with Crippen LogP contribution in [-0.2, 0) is 64.3 Å². The fourth-order valence-electron chi connectivity index (χ4n) is 5.32. The van der Waals surface area contributed by atoms with E-state index < -0.39 is 62.5 Å². The predicted octanol–water partition coefficient (Wildman–Crippen LogP) is 3.99. The maximum atomic E-state index is 13.5. The van der Waals surface area contributed by atoms with Crippen molar-refractivity contribution < 1.29 is 57.3 Å². The van der Waals surface area contributed by atoms with Gasteiger partial charge in [0.2, 0.25) is 11.3 Å². The standard InChI is InChI=1S/C34H32N4O14S/c1-21(52-34(42)51-19-24-9-13-26(14-10-24)38(45)46)28-30(39)36-29(32(40)49-17-22-5-3-2-4-6-22)27(20-53(47)31(28)36)48-16-15-35-33(41)50-18-23-7-11-25(12-8-23)37(43)44/h2-14,21,28,31H,15-20H2,1H3,(H,35,41)/t21?,28-,31+,53?/m0/s1. The van der Waals surface area contributed by atoms with Crippen LogP contribution in [0.25, 0.3) is 0 Å². The molecular formula is C34H32N4O14S. The molecule has 3 aromatic carbocycles. The zero-order chi connectivity index (χ0) is 38.1. The second-order valence-corrected chi connectivity index (χ2v) is 13.1. The molecule has 1 fully saturated rings. The van der Waals surface area contributed by atoms with E-state index in [0.29, 0.717) is 16.7 Å². The van der Waals surface area contributed by atoms with E-state index in [4.69, 9.17) is 23.7 Å². The minimum absolute atomic E-state index is 0.110. The summed E-state index contributed by atoms with van der Waals surface area (Å²) in [6.07, 6.45) is -3.08. The molecule has 4 atom stereocenters. The van der Waals surface area contributed by atoms with Crippen LogP contribution in [0, 0.1) is 26.1 Å². The Hall–Kier alpha value is -6.21. The van der Waals surface area contributed by atoms with Gasteiger partial charge in [-0.05, 0) is 59.1 Å². The van der Waals surface area contributed by atoms with Crippen molar-refractivity contribution in [1.29, 1.82) is 0 Å². The quantitative estimate of drug-likeness (QED) is 0.0439. The van der Waals surface area contributed by atoms with Gasteiger partial charge in [-0.15, -0.1) is 0 Å². The lowest BCUT2D eigenvalue weighted by Gasteiger charge is -2.50. The third-order valence-electron chi connectivity index (χ3n) is 7.99. The molecule has 0 spiro atoms. The summed E-state index contributed by atoms with van der Waals surface area (Å²) in [4.78, 5) is 73.2. The number of carbonyl (C=O) groups excluding carboxylic acids is 4. The molecule has 53 heavy (non-hydrogen) atoms. The number of β-lactam (4-membered cyclic amide) rings is 1. The number of rotatable bonds is 15. The molecule has 19 heteroatoms. The summed E-state index contributed by atoms with van der Waals surface area (Å²) in [6.45, 7) is 0.513. The number of hydrogen-bond acceptors (Lipinski definition) is 14. The van der Waals surface area contributed by atoms with Crippen molar-refractivity contribution in [3.8, 4) is 0 Å². The van der Waals surface area contributed by atoms with Crippen molar-refractivity contribution in [3.63, 3.8) is 0 Å². The minimum atomic E-state index is -1.83. The van der Waals surface area contributed by atoms with Crippen molar-refractivity contribution in [2.24, 2.45) is 5.92 Å². The highest BCUT2D eigenvalue weighted by Gasteiger charge is 2.63. The molecule has 278 valence electrons. The molecule has 2 aliphatic heterocycles. The van der Waals surface area contributed by atoms with E-state index in [1.807, 2.05) is 0 Å². The van der Waals surface area contributed by atoms with Gasteiger partial charge >= 0.3 is 18.2 Å². The maximum Gasteiger partial charge on any atom is 0.508 e. The first-order valence-corrected chi connectivity index (χ1v) is 17.3. The molecule has 2 heterocycles. The zero-order valence-corrected chi connectivity index (χ0v) is 28.8. The monoisotopic (exact) mass is 752 g/mol. The lowest BCUT2D eigenvalue weighted by molar-refractivity contribution is -0.385. The fourth-order valence-corrected chi connectivity index (χ4v) is 7.08. The number of ether oxygens (including phenoxy) is 5. The predicted molar refractivity (Wildman–Crippen MR) is 181 cm³/mol. The molecule has 0 saturated carbocycles. The van der Waals surface area contributed by atoms with Crippen LogP contribution >= 0.6 is 0 Å². The van der Waals surface area contributed by atoms with Gasteiger partial charge in [0.25, 0.3) is 11.4 Å². The van der Waals surface area contributed by atoms with E-state index in [9.17, 15) is 44.0 Å². The average molecular weight is 753 g/mol.